The van der Waals surface area contributed by atoms with Gasteiger partial charge in [0.05, 0.1) is 12.0 Å². The molecule has 0 bridgehead atoms. The number of benzene rings is 2. The minimum absolute atomic E-state index is 0. The van der Waals surface area contributed by atoms with Crippen LogP contribution >= 0.6 is 13.5 Å². The Kier molecular flexibility index (Phi) is 13.0. The van der Waals surface area contributed by atoms with Crippen molar-refractivity contribution in [3.63, 3.8) is 0 Å². The highest BCUT2D eigenvalue weighted by molar-refractivity contribution is 7.59. The van der Waals surface area contributed by atoms with Crippen molar-refractivity contribution in [2.75, 3.05) is 17.2 Å². The van der Waals surface area contributed by atoms with E-state index < -0.39 is 0 Å². The van der Waals surface area contributed by atoms with Crippen molar-refractivity contribution < 1.29 is 13.9 Å². The predicted molar refractivity (Wildman–Crippen MR) is 196 cm³/mol. The number of hydrogen-bond donors (Lipinski definition) is 2. The average Bonchev–Trinajstić information content (AvgIpc) is 3.81. The van der Waals surface area contributed by atoms with Crippen molar-refractivity contribution >= 4 is 47.8 Å². The lowest BCUT2D eigenvalue weighted by molar-refractivity contribution is -0.0298. The van der Waals surface area contributed by atoms with Crippen LogP contribution in [0.2, 0.25) is 0 Å². The summed E-state index contributed by atoms with van der Waals surface area (Å²) in [6.45, 7) is 10.7. The summed E-state index contributed by atoms with van der Waals surface area (Å²) in [5, 5.41) is 10.7. The standard InChI is InChI=1S/C32H28FN9O2.2C2H6.H2S/c1-20-7-10-22(38-32(43)25-13-15-42(40-25)23-11-8-21(33)9-12-23)17-26(20)39-30-24(5-4-14-34-30)28-29-31(36-18-35-28)41(19-37-29)27-6-2-3-16-44-27;2*1-2;/h4-5,7-15,17-19,27H,2-3,6,16H2,1H3,(H,34,39)(H,38,43);2*1-2H3;1H2. The van der Waals surface area contributed by atoms with Crippen molar-refractivity contribution in [3.05, 3.63) is 103 Å². The van der Waals surface area contributed by atoms with Gasteiger partial charge in [-0.05, 0) is 86.3 Å². The van der Waals surface area contributed by atoms with Crippen molar-refractivity contribution in [2.24, 2.45) is 0 Å². The van der Waals surface area contributed by atoms with Crippen LogP contribution in [0.4, 0.5) is 21.6 Å². The molecule has 0 spiro atoms. The van der Waals surface area contributed by atoms with E-state index in [-0.39, 0.29) is 37.1 Å². The van der Waals surface area contributed by atoms with Gasteiger partial charge in [0.25, 0.3) is 5.91 Å². The SMILES string of the molecule is CC.CC.Cc1ccc(NC(=O)c2ccn(-c3ccc(F)cc3)n2)cc1Nc1ncccc1-c1ncnc2c1ncn2C1CCCCO1.S. The molecule has 49 heavy (non-hydrogen) atoms. The highest BCUT2D eigenvalue weighted by Gasteiger charge is 2.22. The number of rotatable bonds is 7. The molecule has 1 unspecified atom stereocenters. The summed E-state index contributed by atoms with van der Waals surface area (Å²) in [6.07, 6.45) is 9.62. The minimum atomic E-state index is -0.375. The molecular formula is C36H42FN9O2S. The molecule has 2 N–H and O–H groups in total. The molecule has 1 fully saturated rings. The quantitative estimate of drug-likeness (QED) is 0.172. The molecule has 1 aliphatic heterocycles. The Balaban J connectivity index is 0.00000104. The highest BCUT2D eigenvalue weighted by Crippen LogP contribution is 2.34. The molecule has 7 rings (SSSR count). The average molecular weight is 684 g/mol. The summed E-state index contributed by atoms with van der Waals surface area (Å²) in [4.78, 5) is 31.4. The second kappa shape index (κ2) is 17.3. The van der Waals surface area contributed by atoms with E-state index in [0.29, 0.717) is 34.1 Å². The molecule has 1 saturated heterocycles. The number of carbonyl (C=O) groups excluding carboxylic acids is 1. The normalized spacial score (nSPS) is 13.6. The summed E-state index contributed by atoms with van der Waals surface area (Å²) < 4.78 is 22.8. The number of pyridine rings is 1. The van der Waals surface area contributed by atoms with E-state index in [9.17, 15) is 9.18 Å². The molecule has 5 heterocycles. The number of nitrogens with zero attached hydrogens (tertiary/aromatic N) is 7. The van der Waals surface area contributed by atoms with Gasteiger partial charge in [-0.2, -0.15) is 18.6 Å². The van der Waals surface area contributed by atoms with E-state index in [1.165, 1.54) is 23.1 Å². The highest BCUT2D eigenvalue weighted by atomic mass is 32.1. The maximum Gasteiger partial charge on any atom is 0.276 e. The van der Waals surface area contributed by atoms with Gasteiger partial charge in [0.1, 0.15) is 35.4 Å². The third-order valence-electron chi connectivity index (χ3n) is 7.55. The van der Waals surface area contributed by atoms with E-state index in [0.717, 1.165) is 42.7 Å². The number of hydrogen-bond acceptors (Lipinski definition) is 8. The number of carbonyl (C=O) groups is 1. The van der Waals surface area contributed by atoms with Crippen LogP contribution in [0.1, 0.15) is 69.2 Å². The van der Waals surface area contributed by atoms with Crippen LogP contribution in [0, 0.1) is 12.7 Å². The number of amides is 1. The zero-order valence-electron chi connectivity index (χ0n) is 28.3. The molecule has 256 valence electrons. The molecule has 0 radical (unpaired) electrons. The first-order valence-electron chi connectivity index (χ1n) is 16.3. The Bertz CT molecular complexity index is 1970. The third kappa shape index (κ3) is 8.30. The molecule has 1 atom stereocenters. The van der Waals surface area contributed by atoms with Crippen LogP contribution in [0.5, 0.6) is 0 Å². The first-order chi connectivity index (χ1) is 23.5. The van der Waals surface area contributed by atoms with Gasteiger partial charge in [0, 0.05) is 35.9 Å². The molecule has 1 aliphatic rings. The molecular weight excluding hydrogens is 642 g/mol. The summed E-state index contributed by atoms with van der Waals surface area (Å²) in [6, 6.07) is 16.8. The fraction of sp³-hybridized carbons (Fsp3) is 0.278. The zero-order chi connectivity index (χ0) is 34.0. The summed E-state index contributed by atoms with van der Waals surface area (Å²) in [5.74, 6) is -0.132. The van der Waals surface area contributed by atoms with Crippen molar-refractivity contribution in [1.29, 1.82) is 0 Å². The van der Waals surface area contributed by atoms with Gasteiger partial charge in [0.15, 0.2) is 11.3 Å². The van der Waals surface area contributed by atoms with Gasteiger partial charge < -0.3 is 15.4 Å². The predicted octanol–water partition coefficient (Wildman–Crippen LogP) is 8.38. The van der Waals surface area contributed by atoms with Crippen molar-refractivity contribution in [2.45, 2.75) is 60.1 Å². The van der Waals surface area contributed by atoms with Crippen molar-refractivity contribution in [1.82, 2.24) is 34.3 Å². The lowest BCUT2D eigenvalue weighted by Gasteiger charge is -2.23. The monoisotopic (exact) mass is 683 g/mol. The molecule has 0 aliphatic carbocycles. The number of halogens is 1. The second-order valence-corrected chi connectivity index (χ2v) is 10.5. The lowest BCUT2D eigenvalue weighted by atomic mass is 10.1. The van der Waals surface area contributed by atoms with E-state index in [2.05, 4.69) is 35.7 Å². The Labute approximate surface area is 292 Å². The Morgan fingerprint density at radius 3 is 2.51 bits per heavy atom. The number of anilines is 3. The van der Waals surface area contributed by atoms with Gasteiger partial charge in [-0.3, -0.25) is 9.36 Å². The number of ether oxygens (including phenoxy) is 1. The van der Waals surface area contributed by atoms with Crippen LogP contribution in [-0.2, 0) is 4.74 Å². The Morgan fingerprint density at radius 1 is 0.959 bits per heavy atom. The largest absolute Gasteiger partial charge is 0.358 e. The molecule has 4 aromatic heterocycles. The van der Waals surface area contributed by atoms with E-state index in [1.54, 1.807) is 36.9 Å². The molecule has 13 heteroatoms. The smallest absolute Gasteiger partial charge is 0.276 e. The van der Waals surface area contributed by atoms with Crippen LogP contribution in [0.25, 0.3) is 28.1 Å². The molecule has 2 aromatic carbocycles. The summed E-state index contributed by atoms with van der Waals surface area (Å²) >= 11 is 0. The van der Waals surface area contributed by atoms with E-state index in [1.807, 2.05) is 69.5 Å². The topological polar surface area (TPSA) is 125 Å². The number of aromatic nitrogens is 7. The maximum atomic E-state index is 13.3. The van der Waals surface area contributed by atoms with Crippen LogP contribution in [0.15, 0.2) is 85.7 Å². The Hall–Kier alpha value is -5.14. The molecule has 6 aromatic rings. The zero-order valence-corrected chi connectivity index (χ0v) is 29.3. The van der Waals surface area contributed by atoms with Gasteiger partial charge in [-0.15, -0.1) is 0 Å². The van der Waals surface area contributed by atoms with Gasteiger partial charge in [-0.1, -0.05) is 33.8 Å². The molecule has 1 amide bonds. The van der Waals surface area contributed by atoms with E-state index >= 15 is 0 Å². The summed E-state index contributed by atoms with van der Waals surface area (Å²) in [5.41, 5.74) is 5.94. The summed E-state index contributed by atoms with van der Waals surface area (Å²) in [7, 11) is 0. The molecule has 0 saturated carbocycles. The van der Waals surface area contributed by atoms with Crippen molar-refractivity contribution in [3.8, 4) is 16.9 Å². The number of aryl methyl sites for hydroxylation is 1. The fourth-order valence-corrected chi connectivity index (χ4v) is 5.24. The third-order valence-corrected chi connectivity index (χ3v) is 7.55. The maximum absolute atomic E-state index is 13.3. The van der Waals surface area contributed by atoms with E-state index in [4.69, 9.17) is 4.74 Å². The second-order valence-electron chi connectivity index (χ2n) is 10.5. The van der Waals surface area contributed by atoms with Gasteiger partial charge >= 0.3 is 0 Å². The molecule has 11 nitrogen and oxygen atoms in total. The fourth-order valence-electron chi connectivity index (χ4n) is 5.24. The number of fused-ring (bicyclic) bond motifs is 1. The number of nitrogens with one attached hydrogen (secondary N) is 2. The number of imidazole rings is 1. The first-order valence-corrected chi connectivity index (χ1v) is 16.3. The van der Waals surface area contributed by atoms with Crippen LogP contribution in [-0.4, -0.2) is 46.8 Å². The Morgan fingerprint density at radius 2 is 1.76 bits per heavy atom. The first kappa shape index (κ1) is 36.7. The van der Waals surface area contributed by atoms with Gasteiger partial charge in [-0.25, -0.2) is 29.0 Å². The lowest BCUT2D eigenvalue weighted by Crippen LogP contribution is -2.17. The van der Waals surface area contributed by atoms with Crippen LogP contribution in [0.3, 0.4) is 0 Å². The van der Waals surface area contributed by atoms with Gasteiger partial charge in [0.2, 0.25) is 0 Å². The van der Waals surface area contributed by atoms with Crippen LogP contribution < -0.4 is 10.6 Å². The minimum Gasteiger partial charge on any atom is -0.358 e.